The Morgan fingerprint density at radius 2 is 2.00 bits per heavy atom. The number of hydrazine groups is 1. The molecule has 0 saturated heterocycles. The number of aromatic nitrogens is 1. The summed E-state index contributed by atoms with van der Waals surface area (Å²) in [4.78, 5) is 29.1. The average molecular weight is 434 g/mol. The van der Waals surface area contributed by atoms with Gasteiger partial charge < -0.3 is 10.4 Å². The molecule has 0 bridgehead atoms. The molecule has 1 atom stereocenters. The van der Waals surface area contributed by atoms with Crippen LogP contribution in [0.1, 0.15) is 23.6 Å². The Kier molecular flexibility index (Phi) is 6.03. The van der Waals surface area contributed by atoms with E-state index in [2.05, 4.69) is 15.7 Å². The zero-order chi connectivity index (χ0) is 22.8. The van der Waals surface area contributed by atoms with Crippen LogP contribution in [0.2, 0.25) is 0 Å². The van der Waals surface area contributed by atoms with Crippen molar-refractivity contribution in [2.75, 3.05) is 11.9 Å². The number of likely N-dealkylation sites (N-methyl/N-ethyl adjacent to an activating group) is 1. The minimum Gasteiger partial charge on any atom is -0.480 e. The zero-order valence-electron chi connectivity index (χ0n) is 16.8. The highest BCUT2D eigenvalue weighted by atomic mass is 19.4. The van der Waals surface area contributed by atoms with E-state index in [0.717, 1.165) is 22.7 Å². The minimum absolute atomic E-state index is 0.0661. The van der Waals surface area contributed by atoms with E-state index in [1.54, 1.807) is 26.1 Å². The number of carbonyl (C=O) groups is 2. The Morgan fingerprint density at radius 1 is 1.29 bits per heavy atom. The number of nitrogens with zero attached hydrogens (tertiary/aromatic N) is 2. The maximum atomic E-state index is 13.5. The Hall–Kier alpha value is -3.40. The van der Waals surface area contributed by atoms with E-state index < -0.39 is 35.6 Å². The van der Waals surface area contributed by atoms with Crippen molar-refractivity contribution in [2.24, 2.45) is 0 Å². The van der Waals surface area contributed by atoms with Crippen LogP contribution in [0.15, 0.2) is 54.5 Å². The summed E-state index contributed by atoms with van der Waals surface area (Å²) in [6, 6.07) is 6.49. The SMILES string of the molecule is CCN1NC(Cc2ccccc2C(F)(F)F)(C(=O)O)C=C(Nc2cnccc2C)C1=O. The minimum atomic E-state index is -4.65. The van der Waals surface area contributed by atoms with Crippen molar-refractivity contribution in [2.45, 2.75) is 32.0 Å². The topological polar surface area (TPSA) is 94.6 Å². The number of nitrogens with one attached hydrogen (secondary N) is 2. The van der Waals surface area contributed by atoms with Gasteiger partial charge in [-0.25, -0.2) is 10.2 Å². The number of rotatable bonds is 6. The van der Waals surface area contributed by atoms with Crippen LogP contribution < -0.4 is 10.7 Å². The van der Waals surface area contributed by atoms with Gasteiger partial charge in [-0.15, -0.1) is 0 Å². The predicted molar refractivity (Wildman–Crippen MR) is 107 cm³/mol. The van der Waals surface area contributed by atoms with Crippen LogP contribution in [-0.4, -0.2) is 39.1 Å². The van der Waals surface area contributed by atoms with Crippen LogP contribution in [0.5, 0.6) is 0 Å². The van der Waals surface area contributed by atoms with Crippen molar-refractivity contribution in [3.63, 3.8) is 0 Å². The van der Waals surface area contributed by atoms with E-state index in [9.17, 15) is 27.9 Å². The summed E-state index contributed by atoms with van der Waals surface area (Å²) in [7, 11) is 0. The molecule has 164 valence electrons. The van der Waals surface area contributed by atoms with Crippen LogP contribution in [0.4, 0.5) is 18.9 Å². The quantitative estimate of drug-likeness (QED) is 0.647. The van der Waals surface area contributed by atoms with Crippen LogP contribution in [-0.2, 0) is 22.2 Å². The Bertz CT molecular complexity index is 1040. The maximum absolute atomic E-state index is 13.5. The number of aryl methyl sites for hydroxylation is 1. The largest absolute Gasteiger partial charge is 0.480 e. The van der Waals surface area contributed by atoms with Crippen LogP contribution in [0.25, 0.3) is 0 Å². The van der Waals surface area contributed by atoms with Gasteiger partial charge in [0.25, 0.3) is 5.91 Å². The second-order valence-electron chi connectivity index (χ2n) is 7.14. The molecule has 0 saturated carbocycles. The molecule has 1 aliphatic rings. The molecule has 2 aromatic rings. The number of benzene rings is 1. The molecule has 3 N–H and O–H groups in total. The highest BCUT2D eigenvalue weighted by molar-refractivity contribution is 6.00. The standard InChI is InChI=1S/C21H21F3N4O3/c1-3-28-18(29)16(26-17-12-25-9-8-13(17)2)11-20(27-28,19(30)31)10-14-6-4-5-7-15(14)21(22,23)24/h4-9,11-12,26-27H,3,10H2,1-2H3,(H,30,31). The first-order chi connectivity index (χ1) is 14.6. The summed E-state index contributed by atoms with van der Waals surface area (Å²) in [6.07, 6.45) is -1.01. The van der Waals surface area contributed by atoms with E-state index in [1.165, 1.54) is 24.4 Å². The van der Waals surface area contributed by atoms with Crippen molar-refractivity contribution in [3.05, 3.63) is 71.2 Å². The number of carbonyl (C=O) groups excluding carboxylic acids is 1. The fourth-order valence-electron chi connectivity index (χ4n) is 3.36. The number of alkyl halides is 3. The molecule has 7 nitrogen and oxygen atoms in total. The lowest BCUT2D eigenvalue weighted by Gasteiger charge is -2.39. The molecule has 31 heavy (non-hydrogen) atoms. The van der Waals surface area contributed by atoms with Crippen molar-refractivity contribution in [3.8, 4) is 0 Å². The van der Waals surface area contributed by atoms with Gasteiger partial charge in [0, 0.05) is 19.2 Å². The number of amides is 1. The first kappa shape index (κ1) is 22.3. The van der Waals surface area contributed by atoms with Gasteiger partial charge in [0.05, 0.1) is 17.4 Å². The molecule has 10 heteroatoms. The Labute approximate surface area is 176 Å². The first-order valence-electron chi connectivity index (χ1n) is 9.46. The number of aliphatic carboxylic acids is 1. The second kappa shape index (κ2) is 8.38. The number of anilines is 1. The molecule has 1 unspecified atom stereocenters. The molecule has 0 fully saturated rings. The van der Waals surface area contributed by atoms with Gasteiger partial charge >= 0.3 is 12.1 Å². The molecule has 1 aliphatic heterocycles. The van der Waals surface area contributed by atoms with Gasteiger partial charge in [-0.1, -0.05) is 18.2 Å². The summed E-state index contributed by atoms with van der Waals surface area (Å²) >= 11 is 0. The fraction of sp³-hybridized carbons (Fsp3) is 0.286. The number of halogens is 3. The highest BCUT2D eigenvalue weighted by Crippen LogP contribution is 2.34. The molecule has 0 aliphatic carbocycles. The number of pyridine rings is 1. The molecule has 2 heterocycles. The lowest BCUT2D eigenvalue weighted by atomic mass is 9.86. The zero-order valence-corrected chi connectivity index (χ0v) is 16.8. The van der Waals surface area contributed by atoms with E-state index >= 15 is 0 Å². The van der Waals surface area contributed by atoms with Crippen molar-refractivity contribution < 1.29 is 27.9 Å². The summed E-state index contributed by atoms with van der Waals surface area (Å²) in [5, 5.41) is 14.0. The van der Waals surface area contributed by atoms with Crippen LogP contribution in [0, 0.1) is 6.92 Å². The second-order valence-corrected chi connectivity index (χ2v) is 7.14. The molecular formula is C21H21F3N4O3. The number of hydrogen-bond donors (Lipinski definition) is 3. The van der Waals surface area contributed by atoms with Gasteiger partial charge in [-0.3, -0.25) is 14.8 Å². The first-order valence-corrected chi connectivity index (χ1v) is 9.46. The molecule has 1 aromatic carbocycles. The van der Waals surface area contributed by atoms with Crippen molar-refractivity contribution in [1.29, 1.82) is 0 Å². The maximum Gasteiger partial charge on any atom is 0.416 e. The Balaban J connectivity index is 2.10. The van der Waals surface area contributed by atoms with Crippen molar-refractivity contribution >= 4 is 17.6 Å². The summed E-state index contributed by atoms with van der Waals surface area (Å²) < 4.78 is 40.4. The molecule has 0 spiro atoms. The van der Waals surface area contributed by atoms with Crippen LogP contribution in [0.3, 0.4) is 0 Å². The van der Waals surface area contributed by atoms with Crippen LogP contribution >= 0.6 is 0 Å². The summed E-state index contributed by atoms with van der Waals surface area (Å²) in [6.45, 7) is 3.50. The number of carboxylic acids is 1. The number of carboxylic acid groups (broad SMARTS) is 1. The monoisotopic (exact) mass is 434 g/mol. The molecular weight excluding hydrogens is 413 g/mol. The summed E-state index contributed by atoms with van der Waals surface area (Å²) in [5.74, 6) is -1.95. The van der Waals surface area contributed by atoms with E-state index in [4.69, 9.17) is 0 Å². The third-order valence-electron chi connectivity index (χ3n) is 5.00. The third-order valence-corrected chi connectivity index (χ3v) is 5.00. The normalized spacial score (nSPS) is 19.2. The average Bonchev–Trinajstić information content (AvgIpc) is 2.71. The molecule has 1 amide bonds. The van der Waals surface area contributed by atoms with Gasteiger partial charge in [0.1, 0.15) is 5.70 Å². The molecule has 3 rings (SSSR count). The smallest absolute Gasteiger partial charge is 0.416 e. The van der Waals surface area contributed by atoms with Gasteiger partial charge in [0.2, 0.25) is 0 Å². The fourth-order valence-corrected chi connectivity index (χ4v) is 3.36. The molecule has 0 radical (unpaired) electrons. The lowest BCUT2D eigenvalue weighted by molar-refractivity contribution is -0.149. The van der Waals surface area contributed by atoms with E-state index in [0.29, 0.717) is 5.69 Å². The van der Waals surface area contributed by atoms with Crippen molar-refractivity contribution in [1.82, 2.24) is 15.4 Å². The predicted octanol–water partition coefficient (Wildman–Crippen LogP) is 3.14. The van der Waals surface area contributed by atoms with E-state index in [1.807, 2.05) is 0 Å². The highest BCUT2D eigenvalue weighted by Gasteiger charge is 2.46. The summed E-state index contributed by atoms with van der Waals surface area (Å²) in [5.41, 5.74) is 0.667. The Morgan fingerprint density at radius 3 is 2.61 bits per heavy atom. The number of hydrogen-bond acceptors (Lipinski definition) is 5. The molecule has 1 aromatic heterocycles. The third kappa shape index (κ3) is 4.53. The van der Waals surface area contributed by atoms with Gasteiger partial charge in [-0.2, -0.15) is 13.2 Å². The van der Waals surface area contributed by atoms with E-state index in [-0.39, 0.29) is 17.8 Å². The lowest BCUT2D eigenvalue weighted by Crippen LogP contribution is -2.64. The van der Waals surface area contributed by atoms with Gasteiger partial charge in [-0.05, 0) is 43.2 Å². The van der Waals surface area contributed by atoms with Gasteiger partial charge in [0.15, 0.2) is 5.54 Å².